The highest BCUT2D eigenvalue weighted by atomic mass is 16.5. The van der Waals surface area contributed by atoms with Crippen LogP contribution in [0.4, 0.5) is 17.5 Å². The van der Waals surface area contributed by atoms with Gasteiger partial charge < -0.3 is 19.9 Å². The van der Waals surface area contributed by atoms with Crippen molar-refractivity contribution in [2.24, 2.45) is 7.05 Å². The van der Waals surface area contributed by atoms with E-state index in [-0.39, 0.29) is 5.95 Å². The third-order valence-corrected chi connectivity index (χ3v) is 4.85. The average Bonchev–Trinajstić information content (AvgIpc) is 3.15. The molecular formula is C22H20N8O. The second kappa shape index (κ2) is 7.52. The normalized spacial score (nSPS) is 12.9. The van der Waals surface area contributed by atoms with E-state index in [4.69, 9.17) is 8.85 Å². The number of benzene rings is 2. The standard InChI is InChI=1S/C22H20N8O/c1-13-8-14(28-21-20-17(25-11-26-21)10-24-22(23-2)29-20)4-7-19(13)31-15-5-6-18-16(9-15)27-12-30(18)3/h4-12H,1-3H3,(H,23,24,29)(H,25,26,28)/i2D3. The molecule has 3 aromatic heterocycles. The molecule has 0 spiro atoms. The number of aryl methyl sites for hydroxylation is 2. The first kappa shape index (κ1) is 15.6. The highest BCUT2D eigenvalue weighted by Gasteiger charge is 2.10. The Labute approximate surface area is 182 Å². The quantitative estimate of drug-likeness (QED) is 0.440. The fourth-order valence-electron chi connectivity index (χ4n) is 3.29. The first-order chi connectivity index (χ1) is 16.2. The van der Waals surface area contributed by atoms with Crippen molar-refractivity contribution in [1.82, 2.24) is 29.5 Å². The summed E-state index contributed by atoms with van der Waals surface area (Å²) in [6.07, 6.45) is 4.61. The number of nitrogens with one attached hydrogen (secondary N) is 2. The Morgan fingerprint density at radius 3 is 2.84 bits per heavy atom. The lowest BCUT2D eigenvalue weighted by Crippen LogP contribution is -2.01. The van der Waals surface area contributed by atoms with E-state index < -0.39 is 6.98 Å². The molecule has 0 bridgehead atoms. The van der Waals surface area contributed by atoms with Crippen LogP contribution >= 0.6 is 0 Å². The van der Waals surface area contributed by atoms with Crippen LogP contribution in [0.2, 0.25) is 0 Å². The molecule has 3 heterocycles. The zero-order valence-corrected chi connectivity index (χ0v) is 16.8. The molecule has 0 atom stereocenters. The molecule has 0 fully saturated rings. The minimum Gasteiger partial charge on any atom is -0.457 e. The average molecular weight is 415 g/mol. The van der Waals surface area contributed by atoms with Gasteiger partial charge in [0.15, 0.2) is 5.82 Å². The number of imidazole rings is 1. The molecule has 2 aromatic carbocycles. The first-order valence-corrected chi connectivity index (χ1v) is 9.48. The molecule has 0 saturated heterocycles. The van der Waals surface area contributed by atoms with E-state index in [1.165, 1.54) is 12.5 Å². The number of anilines is 3. The van der Waals surface area contributed by atoms with Crippen LogP contribution in [0.5, 0.6) is 11.5 Å². The lowest BCUT2D eigenvalue weighted by molar-refractivity contribution is 0.479. The Kier molecular flexibility index (Phi) is 3.78. The van der Waals surface area contributed by atoms with Crippen molar-refractivity contribution in [3.8, 4) is 11.5 Å². The van der Waals surface area contributed by atoms with Gasteiger partial charge in [-0.05, 0) is 42.8 Å². The van der Waals surface area contributed by atoms with Crippen LogP contribution in [-0.2, 0) is 7.05 Å². The molecule has 5 rings (SSSR count). The molecule has 0 amide bonds. The van der Waals surface area contributed by atoms with E-state index >= 15 is 0 Å². The van der Waals surface area contributed by atoms with E-state index in [0.717, 1.165) is 22.3 Å². The molecule has 9 heteroatoms. The van der Waals surface area contributed by atoms with Crippen LogP contribution < -0.4 is 15.4 Å². The second-order valence-corrected chi connectivity index (χ2v) is 6.99. The predicted molar refractivity (Wildman–Crippen MR) is 120 cm³/mol. The maximum atomic E-state index is 7.35. The fourth-order valence-corrected chi connectivity index (χ4v) is 3.29. The summed E-state index contributed by atoms with van der Waals surface area (Å²) in [5.74, 6) is 1.80. The highest BCUT2D eigenvalue weighted by Crippen LogP contribution is 2.30. The van der Waals surface area contributed by atoms with Gasteiger partial charge in [0.2, 0.25) is 5.95 Å². The van der Waals surface area contributed by atoms with Gasteiger partial charge in [-0.15, -0.1) is 0 Å². The molecule has 0 saturated carbocycles. The third-order valence-electron chi connectivity index (χ3n) is 4.85. The summed E-state index contributed by atoms with van der Waals surface area (Å²) >= 11 is 0. The SMILES string of the molecule is [2H]C([2H])([2H])Nc1ncc2ncnc(Nc3ccc(Oc4ccc5c(c4)ncn5C)c(C)c3)c2n1. The number of fused-ring (bicyclic) bond motifs is 2. The number of ether oxygens (including phenoxy) is 1. The van der Waals surface area contributed by atoms with Crippen molar-refractivity contribution < 1.29 is 8.85 Å². The largest absolute Gasteiger partial charge is 0.457 e. The van der Waals surface area contributed by atoms with E-state index in [9.17, 15) is 0 Å². The van der Waals surface area contributed by atoms with Gasteiger partial charge in [-0.2, -0.15) is 0 Å². The van der Waals surface area contributed by atoms with Crippen LogP contribution in [0, 0.1) is 6.92 Å². The summed E-state index contributed by atoms with van der Waals surface area (Å²) in [5.41, 5.74) is 4.43. The van der Waals surface area contributed by atoms with Crippen molar-refractivity contribution in [2.45, 2.75) is 6.92 Å². The fraction of sp³-hybridized carbons (Fsp3) is 0.136. The summed E-state index contributed by atoms with van der Waals surface area (Å²) in [5, 5.41) is 5.51. The number of aromatic nitrogens is 6. The van der Waals surface area contributed by atoms with Gasteiger partial charge in [-0.1, -0.05) is 0 Å². The molecule has 9 nitrogen and oxygen atoms in total. The molecule has 31 heavy (non-hydrogen) atoms. The van der Waals surface area contributed by atoms with E-state index in [1.54, 1.807) is 6.33 Å². The monoisotopic (exact) mass is 415 g/mol. The van der Waals surface area contributed by atoms with Crippen LogP contribution in [0.3, 0.4) is 0 Å². The molecule has 2 N–H and O–H groups in total. The Balaban J connectivity index is 1.39. The van der Waals surface area contributed by atoms with Gasteiger partial charge in [-0.25, -0.2) is 24.9 Å². The summed E-state index contributed by atoms with van der Waals surface area (Å²) in [4.78, 5) is 21.1. The molecule has 0 aliphatic heterocycles. The second-order valence-electron chi connectivity index (χ2n) is 6.99. The van der Waals surface area contributed by atoms with Gasteiger partial charge >= 0.3 is 0 Å². The van der Waals surface area contributed by atoms with Gasteiger partial charge in [0.25, 0.3) is 0 Å². The molecule has 0 aliphatic rings. The van der Waals surface area contributed by atoms with Crippen molar-refractivity contribution in [3.63, 3.8) is 0 Å². The van der Waals surface area contributed by atoms with Gasteiger partial charge in [-0.3, -0.25) is 0 Å². The molecular weight excluding hydrogens is 392 g/mol. The van der Waals surface area contributed by atoms with E-state index in [1.807, 2.05) is 54.9 Å². The summed E-state index contributed by atoms with van der Waals surface area (Å²) in [6.45, 7) is -0.469. The predicted octanol–water partition coefficient (Wildman–Crippen LogP) is 4.19. The van der Waals surface area contributed by atoms with Crippen LogP contribution in [0.1, 0.15) is 9.68 Å². The summed E-state index contributed by atoms with van der Waals surface area (Å²) < 4.78 is 30.1. The van der Waals surface area contributed by atoms with Gasteiger partial charge in [0.1, 0.15) is 28.9 Å². The molecule has 0 unspecified atom stereocenters. The number of hydrogen-bond donors (Lipinski definition) is 2. The van der Waals surface area contributed by atoms with E-state index in [2.05, 4.69) is 35.6 Å². The Morgan fingerprint density at radius 1 is 1.03 bits per heavy atom. The maximum Gasteiger partial charge on any atom is 0.223 e. The topological polar surface area (TPSA) is 103 Å². The summed E-state index contributed by atoms with van der Waals surface area (Å²) in [6, 6.07) is 11.4. The van der Waals surface area contributed by atoms with Crippen molar-refractivity contribution in [2.75, 3.05) is 17.6 Å². The number of rotatable bonds is 5. The zero-order valence-electron chi connectivity index (χ0n) is 19.8. The number of nitrogens with zero attached hydrogens (tertiary/aromatic N) is 6. The first-order valence-electron chi connectivity index (χ1n) is 11.0. The smallest absolute Gasteiger partial charge is 0.223 e. The molecule has 5 aromatic rings. The minimum absolute atomic E-state index is 0.0323. The molecule has 154 valence electrons. The lowest BCUT2D eigenvalue weighted by Gasteiger charge is -2.12. The molecule has 0 aliphatic carbocycles. The highest BCUT2D eigenvalue weighted by molar-refractivity contribution is 5.87. The van der Waals surface area contributed by atoms with Crippen LogP contribution in [-0.4, -0.2) is 36.5 Å². The van der Waals surface area contributed by atoms with E-state index in [0.29, 0.717) is 28.4 Å². The van der Waals surface area contributed by atoms with Gasteiger partial charge in [0, 0.05) is 29.9 Å². The zero-order chi connectivity index (χ0) is 23.9. The molecule has 0 radical (unpaired) electrons. The van der Waals surface area contributed by atoms with Crippen LogP contribution in [0.15, 0.2) is 55.2 Å². The Hall–Kier alpha value is -4.27. The maximum absolute atomic E-state index is 7.35. The van der Waals surface area contributed by atoms with Crippen molar-refractivity contribution >= 4 is 39.5 Å². The minimum atomic E-state index is -2.41. The summed E-state index contributed by atoms with van der Waals surface area (Å²) in [7, 11) is 1.95. The van der Waals surface area contributed by atoms with Crippen molar-refractivity contribution in [3.05, 3.63) is 60.8 Å². The number of hydrogen-bond acceptors (Lipinski definition) is 8. The van der Waals surface area contributed by atoms with Gasteiger partial charge in [0.05, 0.1) is 23.6 Å². The lowest BCUT2D eigenvalue weighted by atomic mass is 10.2. The van der Waals surface area contributed by atoms with Crippen LogP contribution in [0.25, 0.3) is 22.1 Å². The Bertz CT molecular complexity index is 1520. The Morgan fingerprint density at radius 2 is 1.97 bits per heavy atom. The third kappa shape index (κ3) is 3.57. The van der Waals surface area contributed by atoms with Crippen molar-refractivity contribution in [1.29, 1.82) is 0 Å².